The number of fused-ring (bicyclic) bond motifs is 9. The van der Waals surface area contributed by atoms with Crippen molar-refractivity contribution in [2.24, 2.45) is 0 Å². The normalized spacial score (nSPS) is 13.3. The summed E-state index contributed by atoms with van der Waals surface area (Å²) in [6.45, 7) is 4.69. The maximum absolute atomic E-state index is 5.54. The minimum Gasteiger partial charge on any atom is -0.292 e. The summed E-state index contributed by atoms with van der Waals surface area (Å²) in [5, 5.41) is 7.29. The first-order valence-electron chi connectivity index (χ1n) is 18.0. The smallest absolute Gasteiger partial charge is 0.165 e. The molecule has 0 fully saturated rings. The SMILES string of the molecule is CC1(C)c2ccccc2-c2cccc(-c3nc4ccccc4nc3-n3c4cc5ccccc5cc4c4c(-c5ccc6ccccc6c5)cccc43)c21. The van der Waals surface area contributed by atoms with Crippen LogP contribution in [-0.2, 0) is 5.41 Å². The van der Waals surface area contributed by atoms with Crippen LogP contribution in [0, 0.1) is 0 Å². The summed E-state index contributed by atoms with van der Waals surface area (Å²) in [6, 6.07) is 59.3. The molecule has 2 aromatic heterocycles. The third kappa shape index (κ3) is 4.08. The Morgan fingerprint density at radius 1 is 0.462 bits per heavy atom. The Morgan fingerprint density at radius 2 is 1.08 bits per heavy atom. The molecule has 3 heteroatoms. The van der Waals surface area contributed by atoms with E-state index in [1.54, 1.807) is 0 Å². The van der Waals surface area contributed by atoms with Gasteiger partial charge in [0, 0.05) is 21.8 Å². The molecule has 0 saturated heterocycles. The van der Waals surface area contributed by atoms with Crippen molar-refractivity contribution in [2.45, 2.75) is 19.3 Å². The van der Waals surface area contributed by atoms with Crippen LogP contribution in [0.5, 0.6) is 0 Å². The van der Waals surface area contributed by atoms with E-state index in [1.807, 2.05) is 0 Å². The first kappa shape index (κ1) is 29.2. The number of aromatic nitrogens is 3. The van der Waals surface area contributed by atoms with Crippen molar-refractivity contribution >= 4 is 54.4 Å². The average molecular weight is 664 g/mol. The summed E-state index contributed by atoms with van der Waals surface area (Å²) in [4.78, 5) is 11.1. The number of nitrogens with zero attached hydrogens (tertiary/aromatic N) is 3. The Kier molecular flexibility index (Phi) is 6.01. The average Bonchev–Trinajstić information content (AvgIpc) is 3.64. The Morgan fingerprint density at radius 3 is 1.90 bits per heavy atom. The van der Waals surface area contributed by atoms with Crippen molar-refractivity contribution in [3.63, 3.8) is 0 Å². The van der Waals surface area contributed by atoms with E-state index in [2.05, 4.69) is 182 Å². The maximum atomic E-state index is 5.54. The molecule has 8 aromatic carbocycles. The van der Waals surface area contributed by atoms with Gasteiger partial charge in [0.2, 0.25) is 0 Å². The quantitative estimate of drug-likeness (QED) is 0.188. The molecule has 1 aliphatic rings. The van der Waals surface area contributed by atoms with E-state index < -0.39 is 0 Å². The summed E-state index contributed by atoms with van der Waals surface area (Å²) < 4.78 is 2.38. The highest BCUT2D eigenvalue weighted by atomic mass is 15.1. The molecule has 3 nitrogen and oxygen atoms in total. The molecule has 2 heterocycles. The van der Waals surface area contributed by atoms with E-state index in [4.69, 9.17) is 9.97 Å². The zero-order valence-corrected chi connectivity index (χ0v) is 28.9. The topological polar surface area (TPSA) is 30.7 Å². The number of benzene rings is 8. The Hall–Kier alpha value is -6.58. The van der Waals surface area contributed by atoms with E-state index in [0.29, 0.717) is 0 Å². The summed E-state index contributed by atoms with van der Waals surface area (Å²) in [7, 11) is 0. The lowest BCUT2D eigenvalue weighted by molar-refractivity contribution is 0.661. The Labute approximate surface area is 301 Å². The zero-order valence-electron chi connectivity index (χ0n) is 28.9. The van der Waals surface area contributed by atoms with Crippen LogP contribution in [0.1, 0.15) is 25.0 Å². The molecular weight excluding hydrogens is 631 g/mol. The van der Waals surface area contributed by atoms with Crippen molar-refractivity contribution in [3.8, 4) is 39.3 Å². The van der Waals surface area contributed by atoms with Crippen LogP contribution in [-0.4, -0.2) is 14.5 Å². The van der Waals surface area contributed by atoms with Gasteiger partial charge in [-0.25, -0.2) is 9.97 Å². The fourth-order valence-corrected chi connectivity index (χ4v) is 8.95. The molecule has 0 radical (unpaired) electrons. The number of hydrogen-bond acceptors (Lipinski definition) is 2. The van der Waals surface area contributed by atoms with Crippen molar-refractivity contribution in [1.29, 1.82) is 0 Å². The van der Waals surface area contributed by atoms with E-state index in [1.165, 1.54) is 65.7 Å². The molecule has 1 aliphatic carbocycles. The highest BCUT2D eigenvalue weighted by Crippen LogP contribution is 2.53. The van der Waals surface area contributed by atoms with Crippen LogP contribution in [0.3, 0.4) is 0 Å². The molecule has 11 rings (SSSR count). The zero-order chi connectivity index (χ0) is 34.6. The maximum Gasteiger partial charge on any atom is 0.165 e. The van der Waals surface area contributed by atoms with Gasteiger partial charge in [-0.1, -0.05) is 141 Å². The third-order valence-electron chi connectivity index (χ3n) is 11.3. The predicted octanol–water partition coefficient (Wildman–Crippen LogP) is 12.7. The molecule has 0 amide bonds. The van der Waals surface area contributed by atoms with Crippen molar-refractivity contribution in [1.82, 2.24) is 14.5 Å². The lowest BCUT2D eigenvalue weighted by Gasteiger charge is -2.25. The number of para-hydroxylation sites is 2. The highest BCUT2D eigenvalue weighted by molar-refractivity contribution is 6.19. The summed E-state index contributed by atoms with van der Waals surface area (Å²) in [6.07, 6.45) is 0. The molecule has 244 valence electrons. The molecule has 52 heavy (non-hydrogen) atoms. The molecule has 0 aliphatic heterocycles. The molecule has 0 saturated carbocycles. The standard InChI is InChI=1S/C49H33N3/c1-49(2)40-21-8-7-17-36(40)37-19-11-20-38(46(37)49)47-48(51-42-23-10-9-22-41(42)50-47)52-43-24-12-18-35(34-26-25-30-13-3-4-14-31(30)27-34)45(43)39-28-32-15-5-6-16-33(32)29-44(39)52/h3-29H,1-2H3. The first-order valence-corrected chi connectivity index (χ1v) is 18.0. The largest absolute Gasteiger partial charge is 0.292 e. The van der Waals surface area contributed by atoms with E-state index in [-0.39, 0.29) is 5.41 Å². The highest BCUT2D eigenvalue weighted by Gasteiger charge is 2.38. The fraction of sp³-hybridized carbons (Fsp3) is 0.0612. The van der Waals surface area contributed by atoms with Gasteiger partial charge < -0.3 is 0 Å². The molecule has 0 unspecified atom stereocenters. The molecule has 0 N–H and O–H groups in total. The second-order valence-corrected chi connectivity index (χ2v) is 14.6. The minimum absolute atomic E-state index is 0.215. The van der Waals surface area contributed by atoms with Crippen LogP contribution in [0.4, 0.5) is 0 Å². The fourth-order valence-electron chi connectivity index (χ4n) is 8.95. The lowest BCUT2D eigenvalue weighted by atomic mass is 9.79. The molecule has 0 bridgehead atoms. The second kappa shape index (κ2) is 10.7. The Bertz CT molecular complexity index is 3110. The van der Waals surface area contributed by atoms with Gasteiger partial charge in [0.1, 0.15) is 5.69 Å². The lowest BCUT2D eigenvalue weighted by Crippen LogP contribution is -2.17. The van der Waals surface area contributed by atoms with E-state index >= 15 is 0 Å². The number of hydrogen-bond donors (Lipinski definition) is 0. The molecule has 10 aromatic rings. The van der Waals surface area contributed by atoms with Gasteiger partial charge in [0.05, 0.1) is 22.1 Å². The van der Waals surface area contributed by atoms with Crippen molar-refractivity contribution in [3.05, 3.63) is 175 Å². The van der Waals surface area contributed by atoms with E-state index in [0.717, 1.165) is 39.1 Å². The monoisotopic (exact) mass is 663 g/mol. The predicted molar refractivity (Wildman–Crippen MR) is 217 cm³/mol. The Balaban J connectivity index is 1.28. The third-order valence-corrected chi connectivity index (χ3v) is 11.3. The molecule has 0 spiro atoms. The summed E-state index contributed by atoms with van der Waals surface area (Å²) in [5.74, 6) is 0.838. The van der Waals surface area contributed by atoms with Gasteiger partial charge in [-0.3, -0.25) is 4.57 Å². The van der Waals surface area contributed by atoms with Crippen LogP contribution < -0.4 is 0 Å². The summed E-state index contributed by atoms with van der Waals surface area (Å²) >= 11 is 0. The number of rotatable bonds is 3. The van der Waals surface area contributed by atoms with Crippen LogP contribution >= 0.6 is 0 Å². The van der Waals surface area contributed by atoms with Crippen molar-refractivity contribution in [2.75, 3.05) is 0 Å². The summed E-state index contributed by atoms with van der Waals surface area (Å²) in [5.41, 5.74) is 13.4. The molecular formula is C49H33N3. The van der Waals surface area contributed by atoms with E-state index in [9.17, 15) is 0 Å². The second-order valence-electron chi connectivity index (χ2n) is 14.6. The van der Waals surface area contributed by atoms with Crippen LogP contribution in [0.15, 0.2) is 164 Å². The van der Waals surface area contributed by atoms with Gasteiger partial charge in [-0.05, 0) is 91.3 Å². The van der Waals surface area contributed by atoms with Gasteiger partial charge in [-0.15, -0.1) is 0 Å². The van der Waals surface area contributed by atoms with Gasteiger partial charge in [0.15, 0.2) is 5.82 Å². The van der Waals surface area contributed by atoms with Gasteiger partial charge >= 0.3 is 0 Å². The van der Waals surface area contributed by atoms with Crippen molar-refractivity contribution < 1.29 is 0 Å². The minimum atomic E-state index is -0.215. The molecule has 0 atom stereocenters. The first-order chi connectivity index (χ1) is 25.5. The van der Waals surface area contributed by atoms with Gasteiger partial charge in [-0.2, -0.15) is 0 Å². The van der Waals surface area contributed by atoms with Gasteiger partial charge in [0.25, 0.3) is 0 Å². The van der Waals surface area contributed by atoms with Crippen LogP contribution in [0.25, 0.3) is 93.7 Å². The van der Waals surface area contributed by atoms with Crippen LogP contribution in [0.2, 0.25) is 0 Å².